The summed E-state index contributed by atoms with van der Waals surface area (Å²) in [4.78, 5) is 14.7. The smallest absolute Gasteiger partial charge is 0.259 e. The molecule has 1 aliphatic rings. The lowest BCUT2D eigenvalue weighted by Crippen LogP contribution is -2.15. The number of hydrogen-bond donors (Lipinski definition) is 2. The number of ether oxygens (including phenoxy) is 3. The third kappa shape index (κ3) is 4.46. The number of aryl methyl sites for hydroxylation is 1. The van der Waals surface area contributed by atoms with E-state index in [2.05, 4.69) is 10.6 Å². The van der Waals surface area contributed by atoms with Crippen molar-refractivity contribution in [1.82, 2.24) is 0 Å². The zero-order valence-corrected chi connectivity index (χ0v) is 18.7. The van der Waals surface area contributed by atoms with Crippen LogP contribution in [-0.4, -0.2) is 27.2 Å². The van der Waals surface area contributed by atoms with Gasteiger partial charge in [-0.2, -0.15) is 0 Å². The van der Waals surface area contributed by atoms with Crippen molar-refractivity contribution in [2.75, 3.05) is 32.0 Å². The van der Waals surface area contributed by atoms with Crippen LogP contribution >= 0.6 is 11.3 Å². The van der Waals surface area contributed by atoms with Crippen molar-refractivity contribution >= 4 is 27.9 Å². The largest absolute Gasteiger partial charge is 0.497 e. The predicted molar refractivity (Wildman–Crippen MR) is 124 cm³/mol. The molecule has 1 amide bonds. The maximum atomic E-state index is 13.4. The van der Waals surface area contributed by atoms with Crippen molar-refractivity contribution in [1.29, 1.82) is 0 Å². The van der Waals surface area contributed by atoms with Gasteiger partial charge >= 0.3 is 0 Å². The van der Waals surface area contributed by atoms with Gasteiger partial charge in [-0.15, -0.1) is 11.3 Å². The van der Waals surface area contributed by atoms with E-state index in [1.807, 2.05) is 24.3 Å². The summed E-state index contributed by atoms with van der Waals surface area (Å²) >= 11 is 1.68. The van der Waals surface area contributed by atoms with Crippen molar-refractivity contribution < 1.29 is 19.0 Å². The maximum Gasteiger partial charge on any atom is 0.259 e. The Morgan fingerprint density at radius 2 is 1.71 bits per heavy atom. The molecule has 2 N–H and O–H groups in total. The first-order valence-corrected chi connectivity index (χ1v) is 11.0. The molecule has 0 saturated heterocycles. The van der Waals surface area contributed by atoms with Gasteiger partial charge < -0.3 is 24.8 Å². The summed E-state index contributed by atoms with van der Waals surface area (Å²) < 4.78 is 15.9. The van der Waals surface area contributed by atoms with Crippen molar-refractivity contribution in [3.05, 3.63) is 64.0 Å². The quantitative estimate of drug-likeness (QED) is 0.510. The van der Waals surface area contributed by atoms with Gasteiger partial charge in [-0.05, 0) is 54.7 Å². The average molecular weight is 439 g/mol. The number of anilines is 2. The molecule has 0 radical (unpaired) electrons. The van der Waals surface area contributed by atoms with Crippen molar-refractivity contribution in [2.45, 2.75) is 25.8 Å². The van der Waals surface area contributed by atoms with Crippen LogP contribution in [0.5, 0.6) is 17.2 Å². The van der Waals surface area contributed by atoms with Crippen LogP contribution in [0.1, 0.15) is 32.8 Å². The van der Waals surface area contributed by atoms with Gasteiger partial charge in [0, 0.05) is 17.5 Å². The van der Waals surface area contributed by atoms with Crippen LogP contribution < -0.4 is 24.8 Å². The number of carbonyl (C=O) groups excluding carboxylic acids is 1. The number of rotatable bonds is 8. The van der Waals surface area contributed by atoms with E-state index in [0.717, 1.165) is 46.7 Å². The van der Waals surface area contributed by atoms with Crippen LogP contribution in [0, 0.1) is 0 Å². The van der Waals surface area contributed by atoms with Crippen LogP contribution in [0.15, 0.2) is 42.5 Å². The van der Waals surface area contributed by atoms with E-state index in [-0.39, 0.29) is 5.91 Å². The number of benzene rings is 2. The van der Waals surface area contributed by atoms with Crippen LogP contribution in [0.25, 0.3) is 0 Å². The normalized spacial score (nSPS) is 12.2. The van der Waals surface area contributed by atoms with Crippen LogP contribution in [0.2, 0.25) is 0 Å². The number of fused-ring (bicyclic) bond motifs is 1. The van der Waals surface area contributed by atoms with E-state index >= 15 is 0 Å². The first-order chi connectivity index (χ1) is 15.1. The van der Waals surface area contributed by atoms with Crippen LogP contribution in [0.4, 0.5) is 10.7 Å². The lowest BCUT2D eigenvalue weighted by atomic mass is 10.1. The summed E-state index contributed by atoms with van der Waals surface area (Å²) in [6, 6.07) is 13.3. The van der Waals surface area contributed by atoms with Gasteiger partial charge in [0.15, 0.2) is 0 Å². The van der Waals surface area contributed by atoms with Crippen LogP contribution in [0.3, 0.4) is 0 Å². The third-order valence-corrected chi connectivity index (χ3v) is 6.66. The summed E-state index contributed by atoms with van der Waals surface area (Å²) in [7, 11) is 4.84. The number of nitrogens with one attached hydrogen (secondary N) is 2. The molecule has 31 heavy (non-hydrogen) atoms. The van der Waals surface area contributed by atoms with Gasteiger partial charge in [-0.1, -0.05) is 12.1 Å². The molecular formula is C24H26N2O4S. The van der Waals surface area contributed by atoms with E-state index in [9.17, 15) is 4.79 Å². The predicted octanol–water partition coefficient (Wildman–Crippen LogP) is 5.13. The van der Waals surface area contributed by atoms with E-state index < -0.39 is 0 Å². The minimum Gasteiger partial charge on any atom is -0.497 e. The molecule has 1 aromatic heterocycles. The topological polar surface area (TPSA) is 68.8 Å². The third-order valence-electron chi connectivity index (χ3n) is 5.42. The molecule has 162 valence electrons. The van der Waals surface area contributed by atoms with Crippen molar-refractivity contribution in [3.8, 4) is 17.2 Å². The van der Waals surface area contributed by atoms with Gasteiger partial charge in [0.1, 0.15) is 22.2 Å². The number of amides is 1. The van der Waals surface area contributed by atoms with Gasteiger partial charge in [0.2, 0.25) is 0 Å². The molecule has 3 aromatic rings. The second kappa shape index (κ2) is 9.31. The highest BCUT2D eigenvalue weighted by Crippen LogP contribution is 2.40. The molecular weight excluding hydrogens is 412 g/mol. The van der Waals surface area contributed by atoms with Crippen molar-refractivity contribution in [3.63, 3.8) is 0 Å². The Labute approximate surface area is 186 Å². The van der Waals surface area contributed by atoms with Gasteiger partial charge in [0.05, 0.1) is 32.6 Å². The molecule has 0 fully saturated rings. The monoisotopic (exact) mass is 438 g/mol. The molecule has 7 heteroatoms. The Bertz CT molecular complexity index is 1080. The highest BCUT2D eigenvalue weighted by atomic mass is 32.1. The summed E-state index contributed by atoms with van der Waals surface area (Å²) in [5.41, 5.74) is 3.60. The first-order valence-electron chi connectivity index (χ1n) is 10.2. The summed E-state index contributed by atoms with van der Waals surface area (Å²) in [5.74, 6) is 1.94. The van der Waals surface area contributed by atoms with Crippen molar-refractivity contribution in [2.24, 2.45) is 0 Å². The number of hydrogen-bond acceptors (Lipinski definition) is 6. The molecule has 2 aromatic carbocycles. The number of carbonyl (C=O) groups is 1. The zero-order valence-electron chi connectivity index (χ0n) is 17.9. The summed E-state index contributed by atoms with van der Waals surface area (Å²) in [6.07, 6.45) is 3.03. The van der Waals surface area contributed by atoms with E-state index in [1.54, 1.807) is 50.9 Å². The maximum absolute atomic E-state index is 13.4. The Morgan fingerprint density at radius 1 is 0.968 bits per heavy atom. The SMILES string of the molecule is COc1ccc(CNc2sc3c(c2C(=O)Nc2cc(OC)ccc2OC)CCC3)cc1. The molecule has 0 atom stereocenters. The lowest BCUT2D eigenvalue weighted by Gasteiger charge is -2.14. The van der Waals surface area contributed by atoms with Gasteiger partial charge in [-0.3, -0.25) is 4.79 Å². The second-order valence-corrected chi connectivity index (χ2v) is 8.39. The fourth-order valence-electron chi connectivity index (χ4n) is 3.79. The molecule has 0 unspecified atom stereocenters. The van der Waals surface area contributed by atoms with Gasteiger partial charge in [0.25, 0.3) is 5.91 Å². The number of methoxy groups -OCH3 is 3. The van der Waals surface area contributed by atoms with E-state index in [4.69, 9.17) is 14.2 Å². The first kappa shape index (κ1) is 21.1. The lowest BCUT2D eigenvalue weighted by molar-refractivity contribution is 0.102. The Hall–Kier alpha value is -3.19. The molecule has 0 bridgehead atoms. The summed E-state index contributed by atoms with van der Waals surface area (Å²) in [5, 5.41) is 7.41. The number of thiophene rings is 1. The Morgan fingerprint density at radius 3 is 2.42 bits per heavy atom. The highest BCUT2D eigenvalue weighted by molar-refractivity contribution is 7.16. The minimum atomic E-state index is -0.136. The Balaban J connectivity index is 1.58. The highest BCUT2D eigenvalue weighted by Gasteiger charge is 2.27. The van der Waals surface area contributed by atoms with Crippen LogP contribution in [-0.2, 0) is 19.4 Å². The second-order valence-electron chi connectivity index (χ2n) is 7.28. The average Bonchev–Trinajstić information content (AvgIpc) is 3.38. The molecule has 0 spiro atoms. The van der Waals surface area contributed by atoms with E-state index in [1.165, 1.54) is 4.88 Å². The molecule has 1 heterocycles. The summed E-state index contributed by atoms with van der Waals surface area (Å²) in [6.45, 7) is 0.631. The molecule has 0 saturated carbocycles. The fraction of sp³-hybridized carbons (Fsp3) is 0.292. The molecule has 1 aliphatic carbocycles. The minimum absolute atomic E-state index is 0.136. The molecule has 6 nitrogen and oxygen atoms in total. The van der Waals surface area contributed by atoms with E-state index in [0.29, 0.717) is 23.7 Å². The molecule has 0 aliphatic heterocycles. The Kier molecular flexibility index (Phi) is 6.32. The fourth-order valence-corrected chi connectivity index (χ4v) is 5.07. The molecule has 4 rings (SSSR count). The van der Waals surface area contributed by atoms with Gasteiger partial charge in [-0.25, -0.2) is 0 Å². The standard InChI is InChI=1S/C24H26N2O4S/c1-28-16-9-7-15(8-10-16)14-25-24-22(18-5-4-6-21(18)31-24)23(27)26-19-13-17(29-2)11-12-20(19)30-3/h7-13,25H,4-6,14H2,1-3H3,(H,26,27). The zero-order chi connectivity index (χ0) is 21.8.